The Balaban J connectivity index is 0. The minimum atomic E-state index is 0. The molecule has 0 nitrogen and oxygen atoms in total. The van der Waals surface area contributed by atoms with E-state index in [0.29, 0.717) is 10.5 Å². The summed E-state index contributed by atoms with van der Waals surface area (Å²) in [5.41, 5.74) is 5.97. The van der Waals surface area contributed by atoms with Crippen LogP contribution >= 0.6 is 23.5 Å². The molecule has 4 rings (SSSR count). The van der Waals surface area contributed by atoms with Crippen molar-refractivity contribution in [3.05, 3.63) is 95.2 Å². The number of halogens is 2. The fourth-order valence-electron chi connectivity index (χ4n) is 6.46. The van der Waals surface area contributed by atoms with E-state index in [9.17, 15) is 0 Å². The maximum absolute atomic E-state index is 3.55. The Bertz CT molecular complexity index is 1030. The van der Waals surface area contributed by atoms with Gasteiger partial charge in [-0.2, -0.15) is 12.2 Å². The van der Waals surface area contributed by atoms with Crippen LogP contribution in [0.2, 0.25) is 0 Å². The summed E-state index contributed by atoms with van der Waals surface area (Å²) in [6, 6.07) is 0. The third-order valence-corrected chi connectivity index (χ3v) is 12.4. The number of hydrogen-bond acceptors (Lipinski definition) is 2. The zero-order valence-electron chi connectivity index (χ0n) is 27.3. The van der Waals surface area contributed by atoms with E-state index in [0.717, 1.165) is 25.7 Å². The van der Waals surface area contributed by atoms with Gasteiger partial charge in [0.15, 0.2) is 0 Å². The second kappa shape index (κ2) is 18.7. The van der Waals surface area contributed by atoms with Crippen LogP contribution in [0.25, 0.3) is 0 Å². The molecule has 0 heterocycles. The molecule has 42 heavy (non-hydrogen) atoms. The average molecular weight is 714 g/mol. The van der Waals surface area contributed by atoms with Crippen molar-refractivity contribution in [2.24, 2.45) is 10.8 Å². The van der Waals surface area contributed by atoms with Crippen molar-refractivity contribution in [2.45, 2.75) is 115 Å². The van der Waals surface area contributed by atoms with Crippen molar-refractivity contribution in [1.29, 1.82) is 0 Å². The van der Waals surface area contributed by atoms with Crippen molar-refractivity contribution in [2.75, 3.05) is 0 Å². The first kappa shape index (κ1) is 44.8. The van der Waals surface area contributed by atoms with Gasteiger partial charge in [0.2, 0.25) is 0 Å². The van der Waals surface area contributed by atoms with E-state index in [4.69, 9.17) is 0 Å². The molecule has 2 atom stereocenters. The topological polar surface area (TPSA) is 0 Å². The van der Waals surface area contributed by atoms with Gasteiger partial charge in [-0.15, -0.1) is 36.4 Å². The van der Waals surface area contributed by atoms with Gasteiger partial charge in [-0.25, -0.2) is 23.3 Å². The number of thioether (sulfide) groups is 2. The molecule has 0 saturated heterocycles. The van der Waals surface area contributed by atoms with E-state index in [1.807, 2.05) is 0 Å². The SMILES string of the molecule is CC1=CC=CCC1(SC(C)C)C(C)(C)C1=[C-]CC=C1.CC1=CC=CCC1(SC(C)C)C(C)(C)C1=[C-]CC=C1.[Cl-].[Cl-].[Ti+2].[Ti+2]. The molecular weight excluding hydrogens is 663 g/mol. The molecular formula is C36H50Cl2S2Ti2. The first-order valence-corrected chi connectivity index (χ1v) is 16.2. The third kappa shape index (κ3) is 9.35. The molecule has 0 fully saturated rings. The summed E-state index contributed by atoms with van der Waals surface area (Å²) in [6.07, 6.45) is 33.9. The van der Waals surface area contributed by atoms with Gasteiger partial charge < -0.3 is 24.8 Å². The van der Waals surface area contributed by atoms with Crippen LogP contribution in [0, 0.1) is 23.0 Å². The first-order chi connectivity index (χ1) is 17.8. The van der Waals surface area contributed by atoms with E-state index < -0.39 is 0 Å². The Morgan fingerprint density at radius 3 is 1.21 bits per heavy atom. The molecule has 0 N–H and O–H groups in total. The summed E-state index contributed by atoms with van der Waals surface area (Å²) >= 11 is 4.22. The second-order valence-corrected chi connectivity index (χ2v) is 16.3. The predicted octanol–water partition coefficient (Wildman–Crippen LogP) is 4.98. The zero-order valence-corrected chi connectivity index (χ0v) is 33.6. The van der Waals surface area contributed by atoms with Gasteiger partial charge in [0.25, 0.3) is 0 Å². The minimum Gasteiger partial charge on any atom is -1.00 e. The molecule has 6 heteroatoms. The molecule has 0 amide bonds. The summed E-state index contributed by atoms with van der Waals surface area (Å²) in [4.78, 5) is 0. The smallest absolute Gasteiger partial charge is 1.00 e. The van der Waals surface area contributed by atoms with Crippen LogP contribution in [-0.4, -0.2) is 20.0 Å². The van der Waals surface area contributed by atoms with Crippen LogP contribution < -0.4 is 24.8 Å². The molecule has 0 aromatic rings. The molecule has 0 aromatic carbocycles. The summed E-state index contributed by atoms with van der Waals surface area (Å²) in [5.74, 6) is 0. The molecule has 2 unspecified atom stereocenters. The maximum atomic E-state index is 3.55. The molecule has 0 bridgehead atoms. The van der Waals surface area contributed by atoms with Crippen LogP contribution in [0.4, 0.5) is 0 Å². The van der Waals surface area contributed by atoms with Crippen LogP contribution in [0.15, 0.2) is 83.1 Å². The Labute approximate surface area is 310 Å². The van der Waals surface area contributed by atoms with Gasteiger partial charge in [-0.1, -0.05) is 103 Å². The summed E-state index contributed by atoms with van der Waals surface area (Å²) in [6.45, 7) is 23.3. The van der Waals surface area contributed by atoms with Crippen molar-refractivity contribution in [3.63, 3.8) is 0 Å². The summed E-state index contributed by atoms with van der Waals surface area (Å²) < 4.78 is 0.319. The molecule has 4 aliphatic carbocycles. The van der Waals surface area contributed by atoms with E-state index >= 15 is 0 Å². The number of allylic oxidation sites excluding steroid dienone is 14. The molecule has 0 aromatic heterocycles. The average Bonchev–Trinajstić information content (AvgIpc) is 3.57. The summed E-state index contributed by atoms with van der Waals surface area (Å²) in [5, 5.41) is 1.25. The zero-order chi connectivity index (χ0) is 28.2. The predicted molar refractivity (Wildman–Crippen MR) is 175 cm³/mol. The van der Waals surface area contributed by atoms with Crippen molar-refractivity contribution in [1.82, 2.24) is 0 Å². The number of hydrogen-bond donors (Lipinski definition) is 0. The van der Waals surface area contributed by atoms with Gasteiger partial charge in [-0.3, -0.25) is 12.2 Å². The van der Waals surface area contributed by atoms with Crippen LogP contribution in [-0.2, 0) is 43.4 Å². The number of rotatable bonds is 8. The monoisotopic (exact) mass is 712 g/mol. The van der Waals surface area contributed by atoms with Crippen molar-refractivity contribution < 1.29 is 68.2 Å². The van der Waals surface area contributed by atoms with E-state index in [1.165, 1.54) is 22.3 Å². The normalized spacial score (nSPS) is 24.3. The molecule has 4 aliphatic rings. The van der Waals surface area contributed by atoms with Gasteiger partial charge in [0.1, 0.15) is 0 Å². The van der Waals surface area contributed by atoms with Crippen LogP contribution in [0.3, 0.4) is 0 Å². The Morgan fingerprint density at radius 1 is 0.643 bits per heavy atom. The van der Waals surface area contributed by atoms with Gasteiger partial charge in [-0.05, 0) is 48.0 Å². The molecule has 0 aliphatic heterocycles. The molecule has 0 spiro atoms. The molecule has 0 radical (unpaired) electrons. The van der Waals surface area contributed by atoms with Gasteiger partial charge in [0.05, 0.1) is 0 Å². The van der Waals surface area contributed by atoms with E-state index in [1.54, 1.807) is 0 Å². The molecule has 228 valence electrons. The summed E-state index contributed by atoms with van der Waals surface area (Å²) in [7, 11) is 0. The molecule has 0 saturated carbocycles. The quantitative estimate of drug-likeness (QED) is 0.258. The Morgan fingerprint density at radius 2 is 0.976 bits per heavy atom. The van der Waals surface area contributed by atoms with Crippen LogP contribution in [0.1, 0.15) is 94.9 Å². The van der Waals surface area contributed by atoms with E-state index in [-0.39, 0.29) is 88.6 Å². The first-order valence-electron chi connectivity index (χ1n) is 14.4. The van der Waals surface area contributed by atoms with Crippen LogP contribution in [0.5, 0.6) is 0 Å². The second-order valence-electron chi connectivity index (χ2n) is 12.6. The van der Waals surface area contributed by atoms with Crippen molar-refractivity contribution >= 4 is 23.5 Å². The maximum Gasteiger partial charge on any atom is 2.00 e. The van der Waals surface area contributed by atoms with E-state index in [2.05, 4.69) is 166 Å². The largest absolute Gasteiger partial charge is 2.00 e. The van der Waals surface area contributed by atoms with Crippen molar-refractivity contribution in [3.8, 4) is 0 Å². The minimum absolute atomic E-state index is 0. The Hall–Kier alpha value is 0.629. The standard InChI is InChI=1S/2C18H25S.2ClH.2Ti/c2*1-14(2)19-18(13-9-8-10-15(18)3)17(4,5)16-11-6-7-12-16;;;;/h2*6,8-11,14H,7,13H2,1-5H3;2*1H;;/q2*-1;;;2*+2/p-2. The van der Waals surface area contributed by atoms with Gasteiger partial charge >= 0.3 is 43.4 Å². The Kier molecular flexibility index (Phi) is 19.9. The fourth-order valence-corrected chi connectivity index (χ4v) is 9.78. The fraction of sp³-hybridized carbons (Fsp3) is 0.556. The third-order valence-electron chi connectivity index (χ3n) is 8.68. The van der Waals surface area contributed by atoms with Gasteiger partial charge in [0, 0.05) is 9.49 Å².